The molecule has 1 saturated carbocycles. The maximum atomic E-state index is 15.1. The molecule has 3 heterocycles. The highest BCUT2D eigenvalue weighted by Crippen LogP contribution is 2.46. The Morgan fingerprint density at radius 2 is 1.98 bits per heavy atom. The number of carbonyl (C=O) groups is 1. The van der Waals surface area contributed by atoms with Gasteiger partial charge in [-0.3, -0.25) is 4.79 Å². The molecule has 5 rings (SSSR count). The van der Waals surface area contributed by atoms with Crippen molar-refractivity contribution in [1.82, 2.24) is 19.8 Å². The van der Waals surface area contributed by atoms with Crippen LogP contribution in [0, 0.1) is 22.6 Å². The normalized spacial score (nSPS) is 20.9. The van der Waals surface area contributed by atoms with Crippen LogP contribution in [0.2, 0.25) is 0 Å². The fraction of sp³-hybridized carbons (Fsp3) is 0.548. The zero-order valence-corrected chi connectivity index (χ0v) is 25.5. The van der Waals surface area contributed by atoms with Gasteiger partial charge in [-0.25, -0.2) is 8.78 Å². The van der Waals surface area contributed by atoms with E-state index in [9.17, 15) is 27.6 Å². The topological polar surface area (TPSA) is 88.8 Å². The van der Waals surface area contributed by atoms with Crippen LogP contribution in [0.3, 0.4) is 0 Å². The minimum Gasteiger partial charge on any atom is -0.463 e. The number of para-hydroxylation sites is 1. The molecule has 0 N–H and O–H groups in total. The molecule has 1 aromatic heterocycles. The molecule has 1 aliphatic carbocycles. The van der Waals surface area contributed by atoms with Crippen LogP contribution in [-0.4, -0.2) is 84.6 Å². The highest BCUT2D eigenvalue weighted by atomic mass is 19.4. The van der Waals surface area contributed by atoms with Gasteiger partial charge in [-0.15, -0.1) is 0 Å². The number of nitrogens with zero attached hydrogens (tertiary/aromatic N) is 7. The Kier molecular flexibility index (Phi) is 8.95. The van der Waals surface area contributed by atoms with E-state index in [0.29, 0.717) is 23.7 Å². The summed E-state index contributed by atoms with van der Waals surface area (Å²) in [4.78, 5) is 28.5. The molecule has 1 aromatic carbocycles. The van der Waals surface area contributed by atoms with Crippen molar-refractivity contribution in [1.29, 1.82) is 5.26 Å². The number of fused-ring (bicyclic) bond motifs is 1. The average Bonchev–Trinajstić information content (AvgIpc) is 3.73. The van der Waals surface area contributed by atoms with E-state index >= 15 is 4.39 Å². The van der Waals surface area contributed by atoms with Crippen molar-refractivity contribution in [2.24, 2.45) is 5.41 Å². The molecule has 2 aromatic rings. The number of hydrogen-bond acceptors (Lipinski definition) is 8. The van der Waals surface area contributed by atoms with Gasteiger partial charge in [0.15, 0.2) is 5.83 Å². The molecule has 0 bridgehead atoms. The second-order valence-electron chi connectivity index (χ2n) is 12.5. The van der Waals surface area contributed by atoms with E-state index in [0.717, 1.165) is 37.6 Å². The number of hydrogen-bond donors (Lipinski definition) is 0. The molecule has 45 heavy (non-hydrogen) atoms. The standard InChI is InChI=1S/C31H36F5N7O2/c1-19-14-22-25(16-43(19)26-23(31(34,35)36)6-5-7-24(26)33)38-29(45-18-30(9-10-30)17-40(3)4)39-27(22)41-12-13-42(28(44)20(2)32)21(15-41)8-11-37/h5-7,19,21H,2,8-10,12-18H2,1,3-4H3/t19?,21-/m0/s1. The van der Waals surface area contributed by atoms with Crippen molar-refractivity contribution in [3.8, 4) is 12.1 Å². The van der Waals surface area contributed by atoms with Gasteiger partial charge in [0.1, 0.15) is 11.6 Å². The molecule has 2 aliphatic heterocycles. The Morgan fingerprint density at radius 3 is 2.60 bits per heavy atom. The van der Waals surface area contributed by atoms with Crippen molar-refractivity contribution < 1.29 is 31.5 Å². The maximum absolute atomic E-state index is 15.1. The summed E-state index contributed by atoms with van der Waals surface area (Å²) in [5.74, 6) is -2.51. The van der Waals surface area contributed by atoms with Crippen molar-refractivity contribution >= 4 is 17.4 Å². The number of rotatable bonds is 9. The van der Waals surface area contributed by atoms with Gasteiger partial charge in [0, 0.05) is 43.2 Å². The zero-order valence-electron chi connectivity index (χ0n) is 25.5. The van der Waals surface area contributed by atoms with Gasteiger partial charge in [-0.1, -0.05) is 12.6 Å². The summed E-state index contributed by atoms with van der Waals surface area (Å²) in [6.45, 7) is 6.33. The monoisotopic (exact) mass is 633 g/mol. The average molecular weight is 634 g/mol. The first-order valence-corrected chi connectivity index (χ1v) is 14.8. The van der Waals surface area contributed by atoms with Crippen LogP contribution in [0.25, 0.3) is 0 Å². The summed E-state index contributed by atoms with van der Waals surface area (Å²) in [6.07, 6.45) is -2.70. The first kappa shape index (κ1) is 32.4. The number of carbonyl (C=O) groups excluding carboxylic acids is 1. The first-order valence-electron chi connectivity index (χ1n) is 14.8. The highest BCUT2D eigenvalue weighted by Gasteiger charge is 2.45. The van der Waals surface area contributed by atoms with E-state index < -0.39 is 47.1 Å². The van der Waals surface area contributed by atoms with Crippen LogP contribution in [0.5, 0.6) is 6.01 Å². The molecule has 1 unspecified atom stereocenters. The first-order chi connectivity index (χ1) is 21.2. The zero-order chi connectivity index (χ0) is 32.7. The molecule has 0 spiro atoms. The Bertz CT molecular complexity index is 1500. The second-order valence-corrected chi connectivity index (χ2v) is 12.5. The number of piperazine rings is 1. The van der Waals surface area contributed by atoms with Crippen molar-refractivity contribution in [3.05, 3.63) is 53.2 Å². The molecular formula is C31H36F5N7O2. The van der Waals surface area contributed by atoms with Crippen LogP contribution in [0.1, 0.15) is 43.0 Å². The van der Waals surface area contributed by atoms with Gasteiger partial charge in [-0.2, -0.15) is 28.4 Å². The third kappa shape index (κ3) is 6.83. The summed E-state index contributed by atoms with van der Waals surface area (Å²) < 4.78 is 77.0. The largest absolute Gasteiger partial charge is 0.463 e. The molecule has 0 radical (unpaired) electrons. The SMILES string of the molecule is C=C(F)C(=O)N1CCN(c2nc(OCC3(CN(C)C)CC3)nc3c2CC(C)N(c2c(F)cccc2C(F)(F)F)C3)C[C@@H]1CC#N. The van der Waals surface area contributed by atoms with Crippen LogP contribution < -0.4 is 14.5 Å². The molecular weight excluding hydrogens is 597 g/mol. The summed E-state index contributed by atoms with van der Waals surface area (Å²) in [7, 11) is 3.95. The van der Waals surface area contributed by atoms with Gasteiger partial charge >= 0.3 is 12.2 Å². The van der Waals surface area contributed by atoms with E-state index in [4.69, 9.17) is 9.72 Å². The van der Waals surface area contributed by atoms with Crippen molar-refractivity contribution in [2.75, 3.05) is 56.7 Å². The van der Waals surface area contributed by atoms with E-state index in [-0.39, 0.29) is 50.4 Å². The Balaban J connectivity index is 1.53. The van der Waals surface area contributed by atoms with Crippen molar-refractivity contribution in [2.45, 2.75) is 57.4 Å². The fourth-order valence-corrected chi connectivity index (χ4v) is 6.38. The number of aromatic nitrogens is 2. The lowest BCUT2D eigenvalue weighted by molar-refractivity contribution is -0.137. The predicted octanol–water partition coefficient (Wildman–Crippen LogP) is 4.72. The number of amides is 1. The van der Waals surface area contributed by atoms with E-state index in [1.54, 1.807) is 6.92 Å². The van der Waals surface area contributed by atoms with Crippen LogP contribution in [-0.2, 0) is 23.9 Å². The third-order valence-electron chi connectivity index (χ3n) is 8.70. The number of ether oxygens (including phenoxy) is 1. The Labute approximate surface area is 258 Å². The second kappa shape index (κ2) is 12.4. The van der Waals surface area contributed by atoms with Crippen molar-refractivity contribution in [3.63, 3.8) is 0 Å². The number of benzene rings is 1. The number of nitriles is 1. The molecule has 1 amide bonds. The van der Waals surface area contributed by atoms with Crippen LogP contribution in [0.15, 0.2) is 30.6 Å². The highest BCUT2D eigenvalue weighted by molar-refractivity contribution is 5.91. The number of halogens is 5. The summed E-state index contributed by atoms with van der Waals surface area (Å²) in [6, 6.07) is 3.79. The van der Waals surface area contributed by atoms with Gasteiger partial charge in [0.2, 0.25) is 0 Å². The number of alkyl halides is 3. The fourth-order valence-electron chi connectivity index (χ4n) is 6.38. The van der Waals surface area contributed by atoms with E-state index in [2.05, 4.69) is 22.5 Å². The lowest BCUT2D eigenvalue weighted by Gasteiger charge is -2.43. The van der Waals surface area contributed by atoms with Gasteiger partial charge < -0.3 is 24.3 Å². The predicted molar refractivity (Wildman–Crippen MR) is 157 cm³/mol. The minimum absolute atomic E-state index is 0.0420. The van der Waals surface area contributed by atoms with Crippen LogP contribution in [0.4, 0.5) is 33.5 Å². The smallest absolute Gasteiger partial charge is 0.418 e. The Hall–Kier alpha value is -3.99. The molecule has 1 saturated heterocycles. The van der Waals surface area contributed by atoms with E-state index in [1.807, 2.05) is 19.0 Å². The third-order valence-corrected chi connectivity index (χ3v) is 8.70. The summed E-state index contributed by atoms with van der Waals surface area (Å²) in [5, 5.41) is 9.45. The molecule has 3 aliphatic rings. The molecule has 14 heteroatoms. The quantitative estimate of drug-likeness (QED) is 0.290. The van der Waals surface area contributed by atoms with Gasteiger partial charge in [0.05, 0.1) is 48.6 Å². The minimum atomic E-state index is -4.77. The lowest BCUT2D eigenvalue weighted by Crippen LogP contribution is -2.56. The molecule has 9 nitrogen and oxygen atoms in total. The molecule has 242 valence electrons. The Morgan fingerprint density at radius 1 is 1.24 bits per heavy atom. The lowest BCUT2D eigenvalue weighted by atomic mass is 9.96. The van der Waals surface area contributed by atoms with Crippen LogP contribution >= 0.6 is 0 Å². The maximum Gasteiger partial charge on any atom is 0.418 e. The molecule has 2 fully saturated rings. The van der Waals surface area contributed by atoms with Gasteiger partial charge in [0.25, 0.3) is 5.91 Å². The van der Waals surface area contributed by atoms with Gasteiger partial charge in [-0.05, 0) is 52.4 Å². The summed E-state index contributed by atoms with van der Waals surface area (Å²) >= 11 is 0. The number of anilines is 2. The van der Waals surface area contributed by atoms with E-state index in [1.165, 1.54) is 9.80 Å². The molecule has 2 atom stereocenters. The summed E-state index contributed by atoms with van der Waals surface area (Å²) in [5.41, 5.74) is -0.610.